The number of nitrogens with zero attached hydrogens (tertiary/aromatic N) is 1. The lowest BCUT2D eigenvalue weighted by atomic mass is 9.88. The molecule has 4 rings (SSSR count). The largest absolute Gasteiger partial charge is 0.352 e. The number of benzene rings is 3. The van der Waals surface area contributed by atoms with E-state index in [1.165, 1.54) is 54.6 Å². The van der Waals surface area contributed by atoms with E-state index in [1.807, 2.05) is 36.4 Å². The topological polar surface area (TPSA) is 32.3 Å². The van der Waals surface area contributed by atoms with Gasteiger partial charge in [0, 0.05) is 25.4 Å². The Labute approximate surface area is 186 Å². The highest BCUT2D eigenvalue weighted by Gasteiger charge is 2.18. The fourth-order valence-corrected chi connectivity index (χ4v) is 4.47. The lowest BCUT2D eigenvalue weighted by Gasteiger charge is -2.26. The van der Waals surface area contributed by atoms with Gasteiger partial charge in [-0.3, -0.25) is 9.69 Å². The number of nitrogens with one attached hydrogen (secondary N) is 1. The molecule has 160 valence electrons. The minimum atomic E-state index is 0.0628. The van der Waals surface area contributed by atoms with Crippen molar-refractivity contribution in [3.05, 3.63) is 107 Å². The molecule has 0 spiro atoms. The number of rotatable bonds is 8. The molecule has 1 amide bonds. The van der Waals surface area contributed by atoms with E-state index in [9.17, 15) is 4.79 Å². The fraction of sp³-hybridized carbons (Fsp3) is 0.321. The molecule has 3 aromatic rings. The Balaban J connectivity index is 1.37. The maximum atomic E-state index is 12.9. The Hall–Kier alpha value is -2.91. The molecule has 0 radical (unpaired) electrons. The number of hydrogen-bond donors (Lipinski definition) is 1. The van der Waals surface area contributed by atoms with E-state index in [0.29, 0.717) is 13.0 Å². The summed E-state index contributed by atoms with van der Waals surface area (Å²) < 4.78 is 0. The standard InChI is InChI=1S/C28H32N2O/c31-28(20-27(25-13-4-1-5-14-25)26-15-6-2-7-16-26)29-21-23-11-10-12-24(19-23)22-30-17-8-3-9-18-30/h1-2,4-7,10-16,19,27H,3,8-9,17-18,20-22H2,(H,29,31). The van der Waals surface area contributed by atoms with Gasteiger partial charge in [-0.2, -0.15) is 0 Å². The zero-order chi connectivity index (χ0) is 21.3. The summed E-state index contributed by atoms with van der Waals surface area (Å²) in [4.78, 5) is 15.4. The molecular formula is C28H32N2O. The third kappa shape index (κ3) is 6.28. The molecule has 0 bridgehead atoms. The van der Waals surface area contributed by atoms with Crippen LogP contribution in [0, 0.1) is 0 Å². The van der Waals surface area contributed by atoms with Crippen LogP contribution in [0.3, 0.4) is 0 Å². The van der Waals surface area contributed by atoms with Crippen LogP contribution < -0.4 is 5.32 Å². The predicted molar refractivity (Wildman–Crippen MR) is 127 cm³/mol. The van der Waals surface area contributed by atoms with Crippen LogP contribution in [0.5, 0.6) is 0 Å². The molecular weight excluding hydrogens is 380 g/mol. The van der Waals surface area contributed by atoms with Crippen molar-refractivity contribution in [2.75, 3.05) is 13.1 Å². The SMILES string of the molecule is O=C(CC(c1ccccc1)c1ccccc1)NCc1cccc(CN2CCCCC2)c1. The number of hydrogen-bond acceptors (Lipinski definition) is 2. The molecule has 1 fully saturated rings. The molecule has 31 heavy (non-hydrogen) atoms. The maximum Gasteiger partial charge on any atom is 0.221 e. The fourth-order valence-electron chi connectivity index (χ4n) is 4.47. The third-order valence-corrected chi connectivity index (χ3v) is 6.13. The lowest BCUT2D eigenvalue weighted by molar-refractivity contribution is -0.121. The molecule has 0 aliphatic carbocycles. The Morgan fingerprint density at radius 1 is 0.774 bits per heavy atom. The average molecular weight is 413 g/mol. The summed E-state index contributed by atoms with van der Waals surface area (Å²) >= 11 is 0. The highest BCUT2D eigenvalue weighted by atomic mass is 16.1. The van der Waals surface area contributed by atoms with Gasteiger partial charge in [-0.1, -0.05) is 91.3 Å². The van der Waals surface area contributed by atoms with E-state index in [2.05, 4.69) is 58.7 Å². The first-order valence-electron chi connectivity index (χ1n) is 11.4. The highest BCUT2D eigenvalue weighted by molar-refractivity contribution is 5.77. The average Bonchev–Trinajstić information content (AvgIpc) is 2.83. The van der Waals surface area contributed by atoms with E-state index in [-0.39, 0.29) is 11.8 Å². The van der Waals surface area contributed by atoms with Gasteiger partial charge in [0.1, 0.15) is 0 Å². The van der Waals surface area contributed by atoms with Gasteiger partial charge in [-0.15, -0.1) is 0 Å². The molecule has 0 atom stereocenters. The summed E-state index contributed by atoms with van der Waals surface area (Å²) in [5.74, 6) is 0.145. The molecule has 0 unspecified atom stereocenters. The van der Waals surface area contributed by atoms with Crippen molar-refractivity contribution in [1.82, 2.24) is 10.2 Å². The molecule has 1 heterocycles. The molecule has 1 aliphatic rings. The Morgan fingerprint density at radius 3 is 2.03 bits per heavy atom. The summed E-state index contributed by atoms with van der Waals surface area (Å²) in [7, 11) is 0. The molecule has 3 aromatic carbocycles. The minimum Gasteiger partial charge on any atom is -0.352 e. The number of carbonyl (C=O) groups excluding carboxylic acids is 1. The van der Waals surface area contributed by atoms with Crippen molar-refractivity contribution in [2.24, 2.45) is 0 Å². The summed E-state index contributed by atoms with van der Waals surface area (Å²) in [6.45, 7) is 3.97. The molecule has 1 aliphatic heterocycles. The molecule has 0 aromatic heterocycles. The summed E-state index contributed by atoms with van der Waals surface area (Å²) in [6, 6.07) is 29.3. The first kappa shape index (κ1) is 21.3. The van der Waals surface area contributed by atoms with Crippen LogP contribution in [0.1, 0.15) is 53.9 Å². The highest BCUT2D eigenvalue weighted by Crippen LogP contribution is 2.27. The third-order valence-electron chi connectivity index (χ3n) is 6.13. The quantitative estimate of drug-likeness (QED) is 0.529. The smallest absolute Gasteiger partial charge is 0.221 e. The molecule has 3 heteroatoms. The van der Waals surface area contributed by atoms with Crippen LogP contribution >= 0.6 is 0 Å². The second-order valence-corrected chi connectivity index (χ2v) is 8.51. The van der Waals surface area contributed by atoms with Crippen LogP contribution in [0.4, 0.5) is 0 Å². The Kier molecular flexibility index (Phi) is 7.51. The normalized spacial score (nSPS) is 14.5. The van der Waals surface area contributed by atoms with Crippen molar-refractivity contribution < 1.29 is 4.79 Å². The van der Waals surface area contributed by atoms with Gasteiger partial charge in [-0.25, -0.2) is 0 Å². The molecule has 0 saturated carbocycles. The number of carbonyl (C=O) groups is 1. The van der Waals surface area contributed by atoms with Crippen molar-refractivity contribution in [3.63, 3.8) is 0 Å². The van der Waals surface area contributed by atoms with Crippen LogP contribution in [0.25, 0.3) is 0 Å². The minimum absolute atomic E-state index is 0.0628. The van der Waals surface area contributed by atoms with E-state index < -0.39 is 0 Å². The van der Waals surface area contributed by atoms with Crippen LogP contribution in [0.2, 0.25) is 0 Å². The van der Waals surface area contributed by atoms with Gasteiger partial charge in [0.15, 0.2) is 0 Å². The van der Waals surface area contributed by atoms with Crippen molar-refractivity contribution >= 4 is 5.91 Å². The Morgan fingerprint density at radius 2 is 1.39 bits per heavy atom. The second-order valence-electron chi connectivity index (χ2n) is 8.51. The van der Waals surface area contributed by atoms with Gasteiger partial charge in [-0.05, 0) is 48.2 Å². The number of amides is 1. The van der Waals surface area contributed by atoms with Crippen LogP contribution in [-0.2, 0) is 17.9 Å². The van der Waals surface area contributed by atoms with Gasteiger partial charge >= 0.3 is 0 Å². The van der Waals surface area contributed by atoms with Gasteiger partial charge in [0.2, 0.25) is 5.91 Å². The monoisotopic (exact) mass is 412 g/mol. The maximum absolute atomic E-state index is 12.9. The molecule has 1 N–H and O–H groups in total. The van der Waals surface area contributed by atoms with Gasteiger partial charge < -0.3 is 5.32 Å². The number of piperidine rings is 1. The summed E-state index contributed by atoms with van der Waals surface area (Å²) in [6.07, 6.45) is 4.41. The van der Waals surface area contributed by atoms with Gasteiger partial charge in [0.25, 0.3) is 0 Å². The number of likely N-dealkylation sites (tertiary alicyclic amines) is 1. The predicted octanol–water partition coefficient (Wildman–Crippen LogP) is 5.51. The van der Waals surface area contributed by atoms with Gasteiger partial charge in [0.05, 0.1) is 0 Å². The zero-order valence-electron chi connectivity index (χ0n) is 18.2. The van der Waals surface area contributed by atoms with Crippen LogP contribution in [-0.4, -0.2) is 23.9 Å². The molecule has 3 nitrogen and oxygen atoms in total. The summed E-state index contributed by atoms with van der Waals surface area (Å²) in [5, 5.41) is 3.15. The van der Waals surface area contributed by atoms with Crippen LogP contribution in [0.15, 0.2) is 84.9 Å². The zero-order valence-corrected chi connectivity index (χ0v) is 18.2. The molecule has 1 saturated heterocycles. The lowest BCUT2D eigenvalue weighted by Crippen LogP contribution is -2.29. The summed E-state index contributed by atoms with van der Waals surface area (Å²) in [5.41, 5.74) is 4.85. The first-order chi connectivity index (χ1) is 15.3. The van der Waals surface area contributed by atoms with E-state index in [0.717, 1.165) is 6.54 Å². The van der Waals surface area contributed by atoms with E-state index in [1.54, 1.807) is 0 Å². The second kappa shape index (κ2) is 10.9. The van der Waals surface area contributed by atoms with Crippen molar-refractivity contribution in [2.45, 2.75) is 44.7 Å². The van der Waals surface area contributed by atoms with Crippen molar-refractivity contribution in [1.29, 1.82) is 0 Å². The van der Waals surface area contributed by atoms with Crippen molar-refractivity contribution in [3.8, 4) is 0 Å². The Bertz CT molecular complexity index is 910. The first-order valence-corrected chi connectivity index (χ1v) is 11.4. The van der Waals surface area contributed by atoms with E-state index in [4.69, 9.17) is 0 Å². The van der Waals surface area contributed by atoms with E-state index >= 15 is 0 Å².